The summed E-state index contributed by atoms with van der Waals surface area (Å²) < 4.78 is 5.04. The number of esters is 1. The van der Waals surface area contributed by atoms with Crippen LogP contribution < -0.4 is 5.32 Å². The van der Waals surface area contributed by atoms with Crippen LogP contribution in [0.1, 0.15) is 86.6 Å². The molecule has 0 spiro atoms. The van der Waals surface area contributed by atoms with Crippen LogP contribution in [0.4, 0.5) is 0 Å². The van der Waals surface area contributed by atoms with E-state index in [0.29, 0.717) is 25.0 Å². The predicted octanol–water partition coefficient (Wildman–Crippen LogP) is 5.66. The number of amides is 2. The molecule has 2 amide bonds. The minimum atomic E-state index is -0.378. The summed E-state index contributed by atoms with van der Waals surface area (Å²) in [4.78, 5) is 39.4. The van der Waals surface area contributed by atoms with Crippen molar-refractivity contribution < 1.29 is 19.1 Å². The fourth-order valence-electron chi connectivity index (χ4n) is 3.97. The van der Waals surface area contributed by atoms with Crippen LogP contribution in [-0.2, 0) is 24.5 Å². The van der Waals surface area contributed by atoms with Gasteiger partial charge in [-0.1, -0.05) is 90.8 Å². The molecule has 2 atom stereocenters. The molecule has 0 aliphatic heterocycles. The van der Waals surface area contributed by atoms with E-state index in [2.05, 4.69) is 33.0 Å². The Morgan fingerprint density at radius 2 is 1.63 bits per heavy atom. The van der Waals surface area contributed by atoms with Crippen LogP contribution in [0.3, 0.4) is 0 Å². The van der Waals surface area contributed by atoms with E-state index < -0.39 is 0 Å². The number of nitrogens with one attached hydrogen (secondary N) is 1. The normalized spacial score (nSPS) is 13.1. The van der Waals surface area contributed by atoms with Gasteiger partial charge in [0.2, 0.25) is 11.8 Å². The Morgan fingerprint density at radius 3 is 2.11 bits per heavy atom. The summed E-state index contributed by atoms with van der Waals surface area (Å²) in [5.41, 5.74) is 1.21. The quantitative estimate of drug-likeness (QED) is 0.304. The molecule has 0 aromatic heterocycles. The predicted molar refractivity (Wildman–Crippen MR) is 144 cm³/mol. The summed E-state index contributed by atoms with van der Waals surface area (Å²) in [5, 5.41) is 2.84. The SMILES string of the molecule is CCC.CCC[C@@H](/C=C(\C)C(=O)OCC)N(C)C(=O)CNC(=O)[C@@H](CC)C(C)(C)c1ccccc1. The molecule has 6 nitrogen and oxygen atoms in total. The zero-order chi connectivity index (χ0) is 27.0. The molecule has 0 heterocycles. The van der Waals surface area contributed by atoms with E-state index in [9.17, 15) is 14.4 Å². The molecule has 0 aliphatic carbocycles. The largest absolute Gasteiger partial charge is 0.463 e. The van der Waals surface area contributed by atoms with E-state index in [1.165, 1.54) is 6.42 Å². The molecule has 0 saturated carbocycles. The number of hydrogen-bond donors (Lipinski definition) is 1. The van der Waals surface area contributed by atoms with Gasteiger partial charge in [0.1, 0.15) is 0 Å². The van der Waals surface area contributed by atoms with Crippen molar-refractivity contribution >= 4 is 17.8 Å². The monoisotopic (exact) mass is 488 g/mol. The number of rotatable bonds is 12. The van der Waals surface area contributed by atoms with Crippen molar-refractivity contribution in [1.29, 1.82) is 0 Å². The van der Waals surface area contributed by atoms with Crippen LogP contribution in [0.2, 0.25) is 0 Å². The summed E-state index contributed by atoms with van der Waals surface area (Å²) in [6.07, 6.45) is 5.25. The van der Waals surface area contributed by atoms with Crippen LogP contribution in [0, 0.1) is 5.92 Å². The molecule has 0 fully saturated rings. The molecular formula is C29H48N2O4. The van der Waals surface area contributed by atoms with Gasteiger partial charge in [-0.05, 0) is 32.3 Å². The van der Waals surface area contributed by atoms with E-state index in [1.54, 1.807) is 31.9 Å². The average Bonchev–Trinajstić information content (AvgIpc) is 2.83. The van der Waals surface area contributed by atoms with Gasteiger partial charge in [-0.3, -0.25) is 9.59 Å². The van der Waals surface area contributed by atoms with Crippen molar-refractivity contribution in [3.05, 3.63) is 47.5 Å². The van der Waals surface area contributed by atoms with E-state index in [1.807, 2.05) is 44.2 Å². The average molecular weight is 489 g/mol. The Hall–Kier alpha value is -2.63. The lowest BCUT2D eigenvalue weighted by Gasteiger charge is -2.33. The minimum absolute atomic E-state index is 0.0801. The number of hydrogen-bond acceptors (Lipinski definition) is 4. The van der Waals surface area contributed by atoms with Gasteiger partial charge in [-0.15, -0.1) is 0 Å². The summed E-state index contributed by atoms with van der Waals surface area (Å²) >= 11 is 0. The maximum absolute atomic E-state index is 13.0. The van der Waals surface area contributed by atoms with Gasteiger partial charge in [-0.25, -0.2) is 4.79 Å². The molecule has 0 bridgehead atoms. The summed E-state index contributed by atoms with van der Waals surface area (Å²) in [5.74, 6) is -0.970. The summed E-state index contributed by atoms with van der Waals surface area (Å²) in [7, 11) is 1.70. The van der Waals surface area contributed by atoms with Crippen molar-refractivity contribution in [2.24, 2.45) is 5.92 Å². The number of likely N-dealkylation sites (N-methyl/N-ethyl adjacent to an activating group) is 1. The Bertz CT molecular complexity index is 802. The van der Waals surface area contributed by atoms with Crippen molar-refractivity contribution in [2.75, 3.05) is 20.2 Å². The number of carbonyl (C=O) groups excluding carboxylic acids is 3. The van der Waals surface area contributed by atoms with E-state index in [-0.39, 0.29) is 41.7 Å². The van der Waals surface area contributed by atoms with Crippen molar-refractivity contribution in [3.8, 4) is 0 Å². The summed E-state index contributed by atoms with van der Waals surface area (Å²) in [6, 6.07) is 9.72. The molecule has 0 unspecified atom stereocenters. The number of ether oxygens (including phenoxy) is 1. The second-order valence-corrected chi connectivity index (χ2v) is 9.40. The van der Waals surface area contributed by atoms with E-state index in [0.717, 1.165) is 12.0 Å². The van der Waals surface area contributed by atoms with Gasteiger partial charge < -0.3 is 15.0 Å². The Morgan fingerprint density at radius 1 is 1.06 bits per heavy atom. The second kappa shape index (κ2) is 16.9. The van der Waals surface area contributed by atoms with Crippen LogP contribution in [0.15, 0.2) is 42.0 Å². The van der Waals surface area contributed by atoms with E-state index in [4.69, 9.17) is 4.74 Å². The maximum Gasteiger partial charge on any atom is 0.333 e. The first-order valence-corrected chi connectivity index (χ1v) is 13.0. The van der Waals surface area contributed by atoms with Crippen molar-refractivity contribution in [1.82, 2.24) is 10.2 Å². The lowest BCUT2D eigenvalue weighted by Crippen LogP contribution is -2.47. The fraction of sp³-hybridized carbons (Fsp3) is 0.621. The van der Waals surface area contributed by atoms with Gasteiger partial charge in [0, 0.05) is 24.0 Å². The second-order valence-electron chi connectivity index (χ2n) is 9.40. The van der Waals surface area contributed by atoms with Gasteiger partial charge in [0.05, 0.1) is 19.2 Å². The number of benzene rings is 1. The zero-order valence-electron chi connectivity index (χ0n) is 23.4. The van der Waals surface area contributed by atoms with Crippen molar-refractivity contribution in [2.45, 2.75) is 92.5 Å². The zero-order valence-corrected chi connectivity index (χ0v) is 23.4. The Kier molecular flexibility index (Phi) is 15.6. The Balaban J connectivity index is 0.00000365. The first kappa shape index (κ1) is 32.4. The number of carbonyl (C=O) groups is 3. The molecule has 1 N–H and O–H groups in total. The lowest BCUT2D eigenvalue weighted by atomic mass is 9.71. The van der Waals surface area contributed by atoms with E-state index >= 15 is 0 Å². The molecule has 198 valence electrons. The third kappa shape index (κ3) is 10.7. The molecule has 0 aliphatic rings. The molecule has 1 aromatic rings. The highest BCUT2D eigenvalue weighted by Gasteiger charge is 2.35. The highest BCUT2D eigenvalue weighted by molar-refractivity contribution is 5.89. The Labute approximate surface area is 213 Å². The minimum Gasteiger partial charge on any atom is -0.463 e. The topological polar surface area (TPSA) is 75.7 Å². The van der Waals surface area contributed by atoms with Gasteiger partial charge in [0.15, 0.2) is 0 Å². The van der Waals surface area contributed by atoms with Crippen LogP contribution in [-0.4, -0.2) is 48.9 Å². The van der Waals surface area contributed by atoms with Crippen LogP contribution in [0.25, 0.3) is 0 Å². The summed E-state index contributed by atoms with van der Waals surface area (Å²) in [6.45, 7) is 16.1. The van der Waals surface area contributed by atoms with Crippen LogP contribution in [0.5, 0.6) is 0 Å². The standard InChI is InChI=1S/C26H40N2O4.C3H8/c1-8-14-21(17-19(4)25(31)32-10-3)28(7)23(29)18-27-24(30)22(9-2)26(5,6)20-15-12-11-13-16-20;1-3-2/h11-13,15-17,21-22H,8-10,14,18H2,1-7H3,(H,27,30);3H2,1-2H3/b19-17+;/t21-,22+;/m0./s1. The van der Waals surface area contributed by atoms with Crippen molar-refractivity contribution in [3.63, 3.8) is 0 Å². The molecule has 0 saturated heterocycles. The van der Waals surface area contributed by atoms with Gasteiger partial charge in [-0.2, -0.15) is 0 Å². The molecular weight excluding hydrogens is 440 g/mol. The highest BCUT2D eigenvalue weighted by atomic mass is 16.5. The number of nitrogens with zero attached hydrogens (tertiary/aromatic N) is 1. The third-order valence-corrected chi connectivity index (χ3v) is 6.04. The lowest BCUT2D eigenvalue weighted by molar-refractivity contribution is -0.138. The fourth-order valence-corrected chi connectivity index (χ4v) is 3.97. The molecule has 0 radical (unpaired) electrons. The molecule has 6 heteroatoms. The van der Waals surface area contributed by atoms with Gasteiger partial charge >= 0.3 is 5.97 Å². The maximum atomic E-state index is 13.0. The molecule has 1 aromatic carbocycles. The molecule has 35 heavy (non-hydrogen) atoms. The van der Waals surface area contributed by atoms with Gasteiger partial charge in [0.25, 0.3) is 0 Å². The highest BCUT2D eigenvalue weighted by Crippen LogP contribution is 2.33. The third-order valence-electron chi connectivity index (χ3n) is 6.04. The first-order valence-electron chi connectivity index (χ1n) is 13.0. The first-order chi connectivity index (χ1) is 16.5. The molecule has 1 rings (SSSR count). The van der Waals surface area contributed by atoms with Crippen LogP contribution >= 0.6 is 0 Å². The smallest absolute Gasteiger partial charge is 0.333 e.